The fourth-order valence-corrected chi connectivity index (χ4v) is 2.49. The van der Waals surface area contributed by atoms with Crippen molar-refractivity contribution in [2.45, 2.75) is 58.5 Å². The second-order valence-corrected chi connectivity index (χ2v) is 5.42. The lowest BCUT2D eigenvalue weighted by Crippen LogP contribution is -2.48. The van der Waals surface area contributed by atoms with Crippen LogP contribution in [0, 0.1) is 0 Å². The molecule has 2 amide bonds. The Balaban J connectivity index is 2.21. The van der Waals surface area contributed by atoms with Crippen molar-refractivity contribution < 1.29 is 14.3 Å². The standard InChI is InChI=1S/C15H29N3O3/c1-4-12(5-2)17-14(19)11-16-13-7-9-18(10-8-13)15(20)21-6-3/h12-13,16H,4-11H2,1-3H3,(H,17,19). The number of nitrogens with one attached hydrogen (secondary N) is 2. The Labute approximate surface area is 127 Å². The van der Waals surface area contributed by atoms with E-state index in [-0.39, 0.29) is 18.0 Å². The predicted molar refractivity (Wildman–Crippen MR) is 82.1 cm³/mol. The van der Waals surface area contributed by atoms with Gasteiger partial charge in [0.15, 0.2) is 0 Å². The second-order valence-electron chi connectivity index (χ2n) is 5.42. The van der Waals surface area contributed by atoms with Gasteiger partial charge in [-0.3, -0.25) is 4.79 Å². The van der Waals surface area contributed by atoms with E-state index in [9.17, 15) is 9.59 Å². The van der Waals surface area contributed by atoms with E-state index in [0.717, 1.165) is 25.7 Å². The highest BCUT2D eigenvalue weighted by molar-refractivity contribution is 5.78. The van der Waals surface area contributed by atoms with Crippen LogP contribution in [-0.4, -0.2) is 55.2 Å². The van der Waals surface area contributed by atoms with Gasteiger partial charge < -0.3 is 20.3 Å². The van der Waals surface area contributed by atoms with Gasteiger partial charge in [0, 0.05) is 25.2 Å². The Bertz CT molecular complexity index is 324. The fourth-order valence-electron chi connectivity index (χ4n) is 2.49. The number of nitrogens with zero attached hydrogens (tertiary/aromatic N) is 1. The highest BCUT2D eigenvalue weighted by atomic mass is 16.6. The van der Waals surface area contributed by atoms with Gasteiger partial charge >= 0.3 is 6.09 Å². The van der Waals surface area contributed by atoms with Crippen molar-refractivity contribution in [2.75, 3.05) is 26.2 Å². The molecule has 1 heterocycles. The van der Waals surface area contributed by atoms with Crippen LogP contribution in [0.5, 0.6) is 0 Å². The minimum absolute atomic E-state index is 0.0523. The third-order valence-corrected chi connectivity index (χ3v) is 3.92. The highest BCUT2D eigenvalue weighted by Gasteiger charge is 2.23. The minimum atomic E-state index is -0.234. The molecule has 0 saturated carbocycles. The van der Waals surface area contributed by atoms with Crippen LogP contribution in [-0.2, 0) is 9.53 Å². The average Bonchev–Trinajstić information content (AvgIpc) is 2.51. The van der Waals surface area contributed by atoms with Gasteiger partial charge in [-0.25, -0.2) is 4.79 Å². The van der Waals surface area contributed by atoms with E-state index in [0.29, 0.717) is 32.3 Å². The molecule has 1 aliphatic rings. The largest absolute Gasteiger partial charge is 0.450 e. The van der Waals surface area contributed by atoms with Gasteiger partial charge in [-0.15, -0.1) is 0 Å². The monoisotopic (exact) mass is 299 g/mol. The van der Waals surface area contributed by atoms with Gasteiger partial charge in [-0.1, -0.05) is 13.8 Å². The maximum atomic E-state index is 11.8. The molecule has 6 heteroatoms. The summed E-state index contributed by atoms with van der Waals surface area (Å²) in [6.45, 7) is 8.09. The molecule has 1 fully saturated rings. The van der Waals surface area contributed by atoms with Crippen LogP contribution in [0.2, 0.25) is 0 Å². The molecule has 0 radical (unpaired) electrons. The first kappa shape index (κ1) is 17.8. The van der Waals surface area contributed by atoms with Crippen molar-refractivity contribution >= 4 is 12.0 Å². The van der Waals surface area contributed by atoms with Crippen LogP contribution < -0.4 is 10.6 Å². The Morgan fingerprint density at radius 3 is 2.33 bits per heavy atom. The molecule has 21 heavy (non-hydrogen) atoms. The van der Waals surface area contributed by atoms with Crippen LogP contribution in [0.4, 0.5) is 4.79 Å². The molecule has 0 bridgehead atoms. The number of likely N-dealkylation sites (tertiary alicyclic amines) is 1. The van der Waals surface area contributed by atoms with Crippen molar-refractivity contribution in [3.63, 3.8) is 0 Å². The van der Waals surface area contributed by atoms with Crippen molar-refractivity contribution in [2.24, 2.45) is 0 Å². The number of ether oxygens (including phenoxy) is 1. The van der Waals surface area contributed by atoms with Crippen molar-refractivity contribution in [1.82, 2.24) is 15.5 Å². The summed E-state index contributed by atoms with van der Waals surface area (Å²) in [5.41, 5.74) is 0. The number of amides is 2. The topological polar surface area (TPSA) is 70.7 Å². The number of hydrogen-bond donors (Lipinski definition) is 2. The third kappa shape index (κ3) is 6.33. The quantitative estimate of drug-likeness (QED) is 0.747. The van der Waals surface area contributed by atoms with Gasteiger partial charge in [0.1, 0.15) is 0 Å². The molecule has 2 N–H and O–H groups in total. The van der Waals surface area contributed by atoms with Gasteiger partial charge in [0.25, 0.3) is 0 Å². The summed E-state index contributed by atoms with van der Waals surface area (Å²) in [5, 5.41) is 6.29. The first-order valence-electron chi connectivity index (χ1n) is 8.05. The summed E-state index contributed by atoms with van der Waals surface area (Å²) >= 11 is 0. The Morgan fingerprint density at radius 1 is 1.19 bits per heavy atom. The molecule has 6 nitrogen and oxygen atoms in total. The highest BCUT2D eigenvalue weighted by Crippen LogP contribution is 2.11. The van der Waals surface area contributed by atoms with Crippen LogP contribution in [0.3, 0.4) is 0 Å². The summed E-state index contributed by atoms with van der Waals surface area (Å²) < 4.78 is 4.99. The number of rotatable bonds is 7. The number of piperidine rings is 1. The summed E-state index contributed by atoms with van der Waals surface area (Å²) in [5.74, 6) is 0.0523. The Hall–Kier alpha value is -1.30. The molecule has 0 aliphatic carbocycles. The van der Waals surface area contributed by atoms with Crippen molar-refractivity contribution in [1.29, 1.82) is 0 Å². The van der Waals surface area contributed by atoms with E-state index in [1.807, 2.05) is 6.92 Å². The lowest BCUT2D eigenvalue weighted by Gasteiger charge is -2.31. The molecule has 1 rings (SSSR count). The zero-order chi connectivity index (χ0) is 15.7. The van der Waals surface area contributed by atoms with Crippen molar-refractivity contribution in [3.05, 3.63) is 0 Å². The van der Waals surface area contributed by atoms with E-state index in [4.69, 9.17) is 4.74 Å². The maximum Gasteiger partial charge on any atom is 0.409 e. The minimum Gasteiger partial charge on any atom is -0.450 e. The van der Waals surface area contributed by atoms with E-state index < -0.39 is 0 Å². The lowest BCUT2D eigenvalue weighted by atomic mass is 10.1. The number of carbonyl (C=O) groups excluding carboxylic acids is 2. The molecular formula is C15H29N3O3. The summed E-state index contributed by atoms with van der Waals surface area (Å²) in [4.78, 5) is 25.1. The van der Waals surface area contributed by atoms with Crippen molar-refractivity contribution in [3.8, 4) is 0 Å². The zero-order valence-corrected chi connectivity index (χ0v) is 13.5. The van der Waals surface area contributed by atoms with E-state index in [2.05, 4.69) is 24.5 Å². The summed E-state index contributed by atoms with van der Waals surface area (Å²) in [6, 6.07) is 0.563. The van der Waals surface area contributed by atoms with E-state index >= 15 is 0 Å². The molecular weight excluding hydrogens is 270 g/mol. The molecule has 1 aliphatic heterocycles. The summed E-state index contributed by atoms with van der Waals surface area (Å²) in [6.07, 6.45) is 3.40. The van der Waals surface area contributed by atoms with Crippen LogP contribution >= 0.6 is 0 Å². The Kier molecular flexibility index (Phi) is 8.12. The molecule has 0 spiro atoms. The molecule has 1 saturated heterocycles. The third-order valence-electron chi connectivity index (χ3n) is 3.92. The second kappa shape index (κ2) is 9.60. The van der Waals surface area contributed by atoms with Gasteiger partial charge in [-0.2, -0.15) is 0 Å². The van der Waals surface area contributed by atoms with E-state index in [1.165, 1.54) is 0 Å². The van der Waals surface area contributed by atoms with Gasteiger partial charge in [-0.05, 0) is 32.6 Å². The van der Waals surface area contributed by atoms with Crippen LogP contribution in [0.15, 0.2) is 0 Å². The average molecular weight is 299 g/mol. The van der Waals surface area contributed by atoms with E-state index in [1.54, 1.807) is 4.90 Å². The fraction of sp³-hybridized carbons (Fsp3) is 0.867. The van der Waals surface area contributed by atoms with Gasteiger partial charge in [0.05, 0.1) is 13.2 Å². The molecule has 0 aromatic carbocycles. The molecule has 0 atom stereocenters. The SMILES string of the molecule is CCOC(=O)N1CCC(NCC(=O)NC(CC)CC)CC1. The Morgan fingerprint density at radius 2 is 1.81 bits per heavy atom. The maximum absolute atomic E-state index is 11.8. The normalized spacial score (nSPS) is 16.1. The van der Waals surface area contributed by atoms with Gasteiger partial charge in [0.2, 0.25) is 5.91 Å². The first-order valence-corrected chi connectivity index (χ1v) is 8.05. The predicted octanol–water partition coefficient (Wildman–Crippen LogP) is 1.50. The molecule has 0 unspecified atom stereocenters. The smallest absolute Gasteiger partial charge is 0.409 e. The zero-order valence-electron chi connectivity index (χ0n) is 13.5. The first-order chi connectivity index (χ1) is 10.1. The van der Waals surface area contributed by atoms with Crippen LogP contribution in [0.25, 0.3) is 0 Å². The number of hydrogen-bond acceptors (Lipinski definition) is 4. The van der Waals surface area contributed by atoms with Crippen LogP contribution in [0.1, 0.15) is 46.5 Å². The number of carbonyl (C=O) groups is 2. The molecule has 0 aromatic heterocycles. The molecule has 0 aromatic rings. The summed E-state index contributed by atoms with van der Waals surface area (Å²) in [7, 11) is 0. The lowest BCUT2D eigenvalue weighted by molar-refractivity contribution is -0.121. The molecule has 122 valence electrons.